The average molecular weight is 122 g/mol. The van der Waals surface area contributed by atoms with E-state index < -0.39 is 0 Å². The lowest BCUT2D eigenvalue weighted by molar-refractivity contribution is 0.842. The van der Waals surface area contributed by atoms with Gasteiger partial charge < -0.3 is 0 Å². The van der Waals surface area contributed by atoms with Crippen molar-refractivity contribution in [1.29, 1.82) is 0 Å². The molecule has 4 heteroatoms. The molecule has 0 aromatic carbocycles. The van der Waals surface area contributed by atoms with Crippen LogP contribution < -0.4 is 0 Å². The monoisotopic (exact) mass is 122 g/mol. The molecule has 0 N–H and O–H groups in total. The Morgan fingerprint density at radius 3 is 3.22 bits per heavy atom. The first-order chi connectivity index (χ1) is 4.38. The summed E-state index contributed by atoms with van der Waals surface area (Å²) >= 11 is 0. The second kappa shape index (κ2) is 1.40. The zero-order chi connectivity index (χ0) is 6.27. The van der Waals surface area contributed by atoms with Gasteiger partial charge in [-0.1, -0.05) is 0 Å². The standard InChI is InChI=1S/C5H6N4/c1-4-7-8-5-6-2-3-9(4)5/h2H,3H2,1H3. The first-order valence-corrected chi connectivity index (χ1v) is 2.80. The third kappa shape index (κ3) is 0.497. The zero-order valence-electron chi connectivity index (χ0n) is 5.07. The minimum atomic E-state index is 0.729. The van der Waals surface area contributed by atoms with Gasteiger partial charge in [0.2, 0.25) is 0 Å². The van der Waals surface area contributed by atoms with Crippen molar-refractivity contribution in [2.24, 2.45) is 4.99 Å². The van der Waals surface area contributed by atoms with E-state index in [4.69, 9.17) is 0 Å². The molecule has 0 bridgehead atoms. The number of fused-ring (bicyclic) bond motifs is 1. The number of aliphatic imine (C=N–C) groups is 1. The number of aryl methyl sites for hydroxylation is 1. The van der Waals surface area contributed by atoms with Crippen molar-refractivity contribution < 1.29 is 0 Å². The van der Waals surface area contributed by atoms with Crippen LogP contribution in [0.4, 0.5) is 5.95 Å². The van der Waals surface area contributed by atoms with Crippen molar-refractivity contribution in [3.63, 3.8) is 0 Å². The molecule has 1 aromatic heterocycles. The van der Waals surface area contributed by atoms with E-state index in [0.717, 1.165) is 18.3 Å². The van der Waals surface area contributed by atoms with Crippen LogP contribution in [0.15, 0.2) is 4.99 Å². The van der Waals surface area contributed by atoms with Gasteiger partial charge in [-0.3, -0.25) is 4.57 Å². The molecule has 0 fully saturated rings. The van der Waals surface area contributed by atoms with Crippen LogP contribution in [0.1, 0.15) is 5.82 Å². The first kappa shape index (κ1) is 4.67. The smallest absolute Gasteiger partial charge is 0.250 e. The van der Waals surface area contributed by atoms with Gasteiger partial charge in [-0.15, -0.1) is 10.2 Å². The quantitative estimate of drug-likeness (QED) is 0.496. The normalized spacial score (nSPS) is 14.3. The molecule has 0 amide bonds. The van der Waals surface area contributed by atoms with E-state index in [-0.39, 0.29) is 0 Å². The van der Waals surface area contributed by atoms with Crippen LogP contribution >= 0.6 is 0 Å². The topological polar surface area (TPSA) is 43.1 Å². The Balaban J connectivity index is 2.65. The molecule has 0 spiro atoms. The summed E-state index contributed by atoms with van der Waals surface area (Å²) in [5.74, 6) is 1.66. The molecule has 0 unspecified atom stereocenters. The molecule has 0 aliphatic carbocycles. The van der Waals surface area contributed by atoms with Gasteiger partial charge in [-0.05, 0) is 6.92 Å². The third-order valence-electron chi connectivity index (χ3n) is 1.39. The summed E-state index contributed by atoms with van der Waals surface area (Å²) in [4.78, 5) is 3.98. The van der Waals surface area contributed by atoms with Gasteiger partial charge in [0.15, 0.2) is 0 Å². The highest BCUT2D eigenvalue weighted by Crippen LogP contribution is 2.13. The maximum atomic E-state index is 3.98. The summed E-state index contributed by atoms with van der Waals surface area (Å²) in [6, 6.07) is 0. The van der Waals surface area contributed by atoms with Crippen molar-refractivity contribution in [2.45, 2.75) is 13.5 Å². The van der Waals surface area contributed by atoms with Gasteiger partial charge >= 0.3 is 0 Å². The Bertz CT molecular complexity index is 260. The van der Waals surface area contributed by atoms with E-state index in [1.807, 2.05) is 17.7 Å². The van der Waals surface area contributed by atoms with Crippen molar-refractivity contribution in [3.05, 3.63) is 5.82 Å². The fourth-order valence-electron chi connectivity index (χ4n) is 0.883. The van der Waals surface area contributed by atoms with Crippen LogP contribution in [0, 0.1) is 6.92 Å². The molecule has 0 saturated carbocycles. The predicted octanol–water partition coefficient (Wildman–Crippen LogP) is 0.302. The number of rotatable bonds is 0. The second-order valence-corrected chi connectivity index (χ2v) is 1.97. The van der Waals surface area contributed by atoms with Gasteiger partial charge in [0.1, 0.15) is 5.82 Å². The largest absolute Gasteiger partial charge is 0.290 e. The number of hydrogen-bond donors (Lipinski definition) is 0. The van der Waals surface area contributed by atoms with Crippen molar-refractivity contribution >= 4 is 12.2 Å². The minimum absolute atomic E-state index is 0.729. The molecule has 0 saturated heterocycles. The lowest BCUT2D eigenvalue weighted by Gasteiger charge is -1.90. The highest BCUT2D eigenvalue weighted by atomic mass is 15.3. The molecule has 4 nitrogen and oxygen atoms in total. The van der Waals surface area contributed by atoms with E-state index in [1.54, 1.807) is 0 Å². The maximum Gasteiger partial charge on any atom is 0.250 e. The van der Waals surface area contributed by atoms with Crippen LogP contribution in [0.3, 0.4) is 0 Å². The van der Waals surface area contributed by atoms with Gasteiger partial charge in [0, 0.05) is 6.21 Å². The Kier molecular flexibility index (Phi) is 0.726. The van der Waals surface area contributed by atoms with Gasteiger partial charge in [0.25, 0.3) is 5.95 Å². The molecular formula is C5H6N4. The average Bonchev–Trinajstić information content (AvgIpc) is 2.35. The van der Waals surface area contributed by atoms with Crippen LogP contribution in [0.2, 0.25) is 0 Å². The molecule has 1 aliphatic rings. The lowest BCUT2D eigenvalue weighted by atomic mass is 10.6. The summed E-state index contributed by atoms with van der Waals surface area (Å²) < 4.78 is 1.96. The fourth-order valence-corrected chi connectivity index (χ4v) is 0.883. The van der Waals surface area contributed by atoms with E-state index in [1.165, 1.54) is 0 Å². The van der Waals surface area contributed by atoms with E-state index in [0.29, 0.717) is 0 Å². The number of hydrogen-bond acceptors (Lipinski definition) is 3. The maximum absolute atomic E-state index is 3.98. The van der Waals surface area contributed by atoms with Crippen LogP contribution in [-0.4, -0.2) is 21.0 Å². The van der Waals surface area contributed by atoms with Crippen molar-refractivity contribution in [1.82, 2.24) is 14.8 Å². The summed E-state index contributed by atoms with van der Waals surface area (Å²) in [7, 11) is 0. The van der Waals surface area contributed by atoms with Crippen LogP contribution in [0.25, 0.3) is 0 Å². The van der Waals surface area contributed by atoms with E-state index in [2.05, 4.69) is 15.2 Å². The van der Waals surface area contributed by atoms with Crippen LogP contribution in [0.5, 0.6) is 0 Å². The minimum Gasteiger partial charge on any atom is -0.290 e. The predicted molar refractivity (Wildman–Crippen MR) is 32.9 cm³/mol. The number of nitrogens with zero attached hydrogens (tertiary/aromatic N) is 4. The fraction of sp³-hybridized carbons (Fsp3) is 0.400. The zero-order valence-corrected chi connectivity index (χ0v) is 5.07. The Morgan fingerprint density at radius 2 is 2.44 bits per heavy atom. The third-order valence-corrected chi connectivity index (χ3v) is 1.39. The lowest BCUT2D eigenvalue weighted by Crippen LogP contribution is -1.94. The molecule has 46 valence electrons. The Morgan fingerprint density at radius 1 is 1.56 bits per heavy atom. The molecular weight excluding hydrogens is 116 g/mol. The summed E-state index contributed by atoms with van der Waals surface area (Å²) in [5, 5.41) is 7.65. The summed E-state index contributed by atoms with van der Waals surface area (Å²) in [6.07, 6.45) is 1.83. The SMILES string of the molecule is Cc1nnc2n1CC=N2. The second-order valence-electron chi connectivity index (χ2n) is 1.97. The number of aromatic nitrogens is 3. The van der Waals surface area contributed by atoms with Crippen molar-refractivity contribution in [2.75, 3.05) is 0 Å². The summed E-state index contributed by atoms with van der Waals surface area (Å²) in [6.45, 7) is 2.75. The Hall–Kier alpha value is -1.19. The highest BCUT2D eigenvalue weighted by Gasteiger charge is 2.09. The summed E-state index contributed by atoms with van der Waals surface area (Å²) in [5.41, 5.74) is 0. The molecule has 1 aromatic rings. The highest BCUT2D eigenvalue weighted by molar-refractivity contribution is 5.65. The Labute approximate surface area is 52.2 Å². The van der Waals surface area contributed by atoms with Gasteiger partial charge in [-0.25, -0.2) is 4.99 Å². The molecule has 9 heavy (non-hydrogen) atoms. The molecule has 2 heterocycles. The molecule has 0 radical (unpaired) electrons. The van der Waals surface area contributed by atoms with Crippen molar-refractivity contribution in [3.8, 4) is 0 Å². The van der Waals surface area contributed by atoms with E-state index in [9.17, 15) is 0 Å². The molecule has 0 atom stereocenters. The molecule has 1 aliphatic heterocycles. The van der Waals surface area contributed by atoms with Crippen LogP contribution in [-0.2, 0) is 6.54 Å². The van der Waals surface area contributed by atoms with Gasteiger partial charge in [-0.2, -0.15) is 0 Å². The van der Waals surface area contributed by atoms with E-state index >= 15 is 0 Å². The first-order valence-electron chi connectivity index (χ1n) is 2.80. The molecule has 2 rings (SSSR count). The van der Waals surface area contributed by atoms with Gasteiger partial charge in [0.05, 0.1) is 6.54 Å².